The summed E-state index contributed by atoms with van der Waals surface area (Å²) in [6.07, 6.45) is 1.67. The molecule has 27 heavy (non-hydrogen) atoms. The van der Waals surface area contributed by atoms with Gasteiger partial charge in [-0.25, -0.2) is 0 Å². The molecule has 0 saturated carbocycles. The van der Waals surface area contributed by atoms with E-state index in [1.807, 2.05) is 6.07 Å². The number of likely N-dealkylation sites (tertiary alicyclic amines) is 1. The number of aromatic hydroxyl groups is 2. The number of fused-ring (bicyclic) bond motifs is 1. The van der Waals surface area contributed by atoms with Crippen molar-refractivity contribution in [3.63, 3.8) is 0 Å². The van der Waals surface area contributed by atoms with E-state index in [-0.39, 0.29) is 33.8 Å². The summed E-state index contributed by atoms with van der Waals surface area (Å²) in [6.45, 7) is 1.78. The van der Waals surface area contributed by atoms with Crippen molar-refractivity contribution < 1.29 is 14.6 Å². The predicted molar refractivity (Wildman–Crippen MR) is 106 cm³/mol. The Morgan fingerprint density at radius 1 is 1.11 bits per heavy atom. The maximum Gasteiger partial charge on any atom is 0.197 e. The minimum atomic E-state index is -0.363. The number of phenolic OH excluding ortho intramolecular Hbond substituents is 2. The maximum atomic E-state index is 12.8. The normalized spacial score (nSPS) is 16.1. The number of rotatable bonds is 2. The molecule has 2 aromatic carbocycles. The van der Waals surface area contributed by atoms with Crippen molar-refractivity contribution in [3.8, 4) is 22.8 Å². The van der Waals surface area contributed by atoms with E-state index in [0.29, 0.717) is 21.9 Å². The summed E-state index contributed by atoms with van der Waals surface area (Å²) >= 11 is 6.26. The van der Waals surface area contributed by atoms with Gasteiger partial charge in [-0.2, -0.15) is 0 Å². The summed E-state index contributed by atoms with van der Waals surface area (Å²) in [5.74, 6) is 0.0406. The van der Waals surface area contributed by atoms with Crippen molar-refractivity contribution in [1.29, 1.82) is 0 Å². The molecule has 3 aromatic rings. The smallest absolute Gasteiger partial charge is 0.197 e. The second kappa shape index (κ2) is 6.91. The number of benzene rings is 2. The van der Waals surface area contributed by atoms with Crippen molar-refractivity contribution in [3.05, 3.63) is 57.2 Å². The van der Waals surface area contributed by atoms with E-state index < -0.39 is 0 Å². The first-order chi connectivity index (χ1) is 13.0. The fourth-order valence-electron chi connectivity index (χ4n) is 3.81. The molecule has 1 aliphatic heterocycles. The molecule has 1 aliphatic rings. The first kappa shape index (κ1) is 17.9. The third kappa shape index (κ3) is 3.17. The van der Waals surface area contributed by atoms with Gasteiger partial charge in [0.25, 0.3) is 0 Å². The SMILES string of the molecule is CN1CCC(c2c(O)cc(O)c3c(=O)cc(-c4ccccc4Cl)oc23)CC1. The van der Waals surface area contributed by atoms with E-state index in [4.69, 9.17) is 16.0 Å². The van der Waals surface area contributed by atoms with Crippen molar-refractivity contribution in [1.82, 2.24) is 4.90 Å². The minimum absolute atomic E-state index is 0.0472. The highest BCUT2D eigenvalue weighted by molar-refractivity contribution is 6.33. The van der Waals surface area contributed by atoms with Gasteiger partial charge >= 0.3 is 0 Å². The van der Waals surface area contributed by atoms with Crippen LogP contribution in [0.5, 0.6) is 11.5 Å². The van der Waals surface area contributed by atoms with E-state index in [1.54, 1.807) is 18.2 Å². The van der Waals surface area contributed by atoms with Gasteiger partial charge < -0.3 is 19.5 Å². The van der Waals surface area contributed by atoms with Crippen molar-refractivity contribution in [2.24, 2.45) is 0 Å². The molecule has 5 nitrogen and oxygen atoms in total. The monoisotopic (exact) mass is 385 g/mol. The Morgan fingerprint density at radius 3 is 2.52 bits per heavy atom. The molecule has 1 aromatic heterocycles. The van der Waals surface area contributed by atoms with Gasteiger partial charge in [-0.15, -0.1) is 0 Å². The van der Waals surface area contributed by atoms with Gasteiger partial charge in [0, 0.05) is 23.3 Å². The van der Waals surface area contributed by atoms with Gasteiger partial charge in [0.05, 0.1) is 5.02 Å². The van der Waals surface area contributed by atoms with Gasteiger partial charge in [0.15, 0.2) is 5.43 Å². The lowest BCUT2D eigenvalue weighted by atomic mass is 9.87. The van der Waals surface area contributed by atoms with E-state index >= 15 is 0 Å². The molecule has 0 unspecified atom stereocenters. The molecule has 6 heteroatoms. The fraction of sp³-hybridized carbons (Fsp3) is 0.286. The largest absolute Gasteiger partial charge is 0.507 e. The van der Waals surface area contributed by atoms with Gasteiger partial charge in [-0.05, 0) is 51.0 Å². The van der Waals surface area contributed by atoms with Gasteiger partial charge in [-0.3, -0.25) is 4.79 Å². The van der Waals surface area contributed by atoms with E-state index in [1.165, 1.54) is 12.1 Å². The van der Waals surface area contributed by atoms with Crippen LogP contribution in [0.4, 0.5) is 0 Å². The number of hydrogen-bond acceptors (Lipinski definition) is 5. The molecule has 1 saturated heterocycles. The van der Waals surface area contributed by atoms with Crippen LogP contribution in [0.15, 0.2) is 45.6 Å². The summed E-state index contributed by atoms with van der Waals surface area (Å²) in [6, 6.07) is 9.67. The number of piperidine rings is 1. The molecular formula is C21H20ClNO4. The second-order valence-electron chi connectivity index (χ2n) is 7.06. The number of phenols is 2. The molecule has 0 spiro atoms. The Kier molecular flexibility index (Phi) is 4.58. The van der Waals surface area contributed by atoms with Gasteiger partial charge in [0.2, 0.25) is 0 Å². The molecule has 0 radical (unpaired) electrons. The Hall–Kier alpha value is -2.50. The van der Waals surface area contributed by atoms with Gasteiger partial charge in [-0.1, -0.05) is 23.7 Å². The highest BCUT2D eigenvalue weighted by Gasteiger charge is 2.27. The molecule has 0 atom stereocenters. The first-order valence-electron chi connectivity index (χ1n) is 8.92. The van der Waals surface area contributed by atoms with Crippen molar-refractivity contribution in [2.75, 3.05) is 20.1 Å². The summed E-state index contributed by atoms with van der Waals surface area (Å²) in [5.41, 5.74) is 1.06. The lowest BCUT2D eigenvalue weighted by Crippen LogP contribution is -2.29. The third-order valence-electron chi connectivity index (χ3n) is 5.26. The first-order valence-corrected chi connectivity index (χ1v) is 9.29. The van der Waals surface area contributed by atoms with Crippen LogP contribution in [0.2, 0.25) is 5.02 Å². The van der Waals surface area contributed by atoms with Crippen molar-refractivity contribution in [2.45, 2.75) is 18.8 Å². The van der Waals surface area contributed by atoms with Crippen LogP contribution in [-0.2, 0) is 0 Å². The molecule has 2 N–H and O–H groups in total. The van der Waals surface area contributed by atoms with Crippen LogP contribution in [-0.4, -0.2) is 35.3 Å². The average Bonchev–Trinajstić information content (AvgIpc) is 2.63. The summed E-state index contributed by atoms with van der Waals surface area (Å²) in [4.78, 5) is 15.0. The van der Waals surface area contributed by atoms with Crippen LogP contribution in [0.25, 0.3) is 22.3 Å². The third-order valence-corrected chi connectivity index (χ3v) is 5.59. The van der Waals surface area contributed by atoms with Crippen molar-refractivity contribution >= 4 is 22.6 Å². The molecule has 0 amide bonds. The van der Waals surface area contributed by atoms with Crippen LogP contribution >= 0.6 is 11.6 Å². The highest BCUT2D eigenvalue weighted by Crippen LogP contribution is 2.42. The number of halogens is 1. The summed E-state index contributed by atoms with van der Waals surface area (Å²) < 4.78 is 6.06. The topological polar surface area (TPSA) is 73.9 Å². The number of nitrogens with zero attached hydrogens (tertiary/aromatic N) is 1. The van der Waals surface area contributed by atoms with Crippen LogP contribution in [0.1, 0.15) is 24.3 Å². The Morgan fingerprint density at radius 2 is 1.81 bits per heavy atom. The second-order valence-corrected chi connectivity index (χ2v) is 7.47. The lowest BCUT2D eigenvalue weighted by molar-refractivity contribution is 0.253. The average molecular weight is 386 g/mol. The number of hydrogen-bond donors (Lipinski definition) is 2. The molecule has 0 aliphatic carbocycles. The van der Waals surface area contributed by atoms with Crippen LogP contribution in [0, 0.1) is 0 Å². The zero-order chi connectivity index (χ0) is 19.1. The van der Waals surface area contributed by atoms with Gasteiger partial charge in [0.1, 0.15) is 28.2 Å². The Labute approximate surface area is 161 Å². The summed E-state index contributed by atoms with van der Waals surface area (Å²) in [5, 5.41) is 21.4. The fourth-order valence-corrected chi connectivity index (χ4v) is 4.04. The predicted octanol–water partition coefficient (Wildman–Crippen LogP) is 4.33. The zero-order valence-electron chi connectivity index (χ0n) is 14.9. The highest BCUT2D eigenvalue weighted by atomic mass is 35.5. The molecule has 2 heterocycles. The van der Waals surface area contributed by atoms with Crippen LogP contribution in [0.3, 0.4) is 0 Å². The van der Waals surface area contributed by atoms with E-state index in [2.05, 4.69) is 11.9 Å². The van der Waals surface area contributed by atoms with Crippen LogP contribution < -0.4 is 5.43 Å². The van der Waals surface area contributed by atoms with E-state index in [9.17, 15) is 15.0 Å². The Balaban J connectivity index is 1.98. The van der Waals surface area contributed by atoms with E-state index in [0.717, 1.165) is 25.9 Å². The minimum Gasteiger partial charge on any atom is -0.507 e. The molecule has 4 rings (SSSR count). The molecule has 1 fully saturated rings. The molecule has 0 bridgehead atoms. The Bertz CT molecular complexity index is 1070. The molecule has 140 valence electrons. The lowest BCUT2D eigenvalue weighted by Gasteiger charge is -2.29. The quantitative estimate of drug-likeness (QED) is 0.686. The molecular weight excluding hydrogens is 366 g/mol. The standard InChI is InChI=1S/C21H20ClNO4/c1-23-8-6-12(7-9-23)19-15(24)10-16(25)20-17(26)11-18(27-21(19)20)13-4-2-3-5-14(13)22/h2-5,10-12,24-25H,6-9H2,1H3. The zero-order valence-corrected chi connectivity index (χ0v) is 15.7. The maximum absolute atomic E-state index is 12.8. The summed E-state index contributed by atoms with van der Waals surface area (Å²) in [7, 11) is 2.06.